The first-order valence-electron chi connectivity index (χ1n) is 15.1. The van der Waals surface area contributed by atoms with Crippen LogP contribution in [0.25, 0.3) is 0 Å². The Morgan fingerprint density at radius 3 is 0.881 bits per heavy atom. The maximum Gasteiger partial charge on any atom is 1.00 e. The Kier molecular flexibility index (Phi) is 40.9. The van der Waals surface area contributed by atoms with E-state index in [0.717, 1.165) is 38.5 Å². The molecule has 0 heterocycles. The number of unbranched alkanes of at least 4 members (excludes halogenated alkanes) is 18. The average Bonchev–Trinajstić information content (AvgIpc) is 2.84. The smallest absolute Gasteiger partial charge is 0.748 e. The van der Waals surface area contributed by atoms with Crippen molar-refractivity contribution in [2.45, 2.75) is 142 Å². The third kappa shape index (κ3) is 47.7. The predicted octanol–water partition coefficient (Wildman–Crippen LogP) is -0.000600. The molecule has 10 nitrogen and oxygen atoms in total. The molecule has 0 aromatic carbocycles. The molecule has 0 spiro atoms. The van der Waals surface area contributed by atoms with Gasteiger partial charge in [0.05, 0.1) is 13.2 Å². The molecule has 0 fully saturated rings. The summed E-state index contributed by atoms with van der Waals surface area (Å²) in [6.45, 7) is 4.81. The van der Waals surface area contributed by atoms with E-state index in [1.807, 2.05) is 0 Å². The van der Waals surface area contributed by atoms with E-state index in [1.54, 1.807) is 0 Å². The quantitative estimate of drug-likeness (QED) is 0.0533. The monoisotopic (exact) mass is 660 g/mol. The fourth-order valence-electron chi connectivity index (χ4n) is 3.92. The zero-order chi connectivity index (χ0) is 30.5. The molecule has 0 amide bonds. The predicted molar refractivity (Wildman–Crippen MR) is 155 cm³/mol. The minimum atomic E-state index is -4.51. The summed E-state index contributed by atoms with van der Waals surface area (Å²) in [6.07, 6.45) is 23.5. The molecule has 240 valence electrons. The molecular formula is C28H54Na2O10S2. The van der Waals surface area contributed by atoms with Crippen molar-refractivity contribution in [1.29, 1.82) is 0 Å². The summed E-state index contributed by atoms with van der Waals surface area (Å²) in [6, 6.07) is 0. The average molecular weight is 661 g/mol. The van der Waals surface area contributed by atoms with Gasteiger partial charge in [0.15, 0.2) is 0 Å². The van der Waals surface area contributed by atoms with Crippen molar-refractivity contribution in [1.82, 2.24) is 0 Å². The molecule has 0 bridgehead atoms. The van der Waals surface area contributed by atoms with Crippen LogP contribution in [0.15, 0.2) is 0 Å². The van der Waals surface area contributed by atoms with Crippen LogP contribution in [0.1, 0.15) is 142 Å². The van der Waals surface area contributed by atoms with Crippen LogP contribution in [0, 0.1) is 0 Å². The summed E-state index contributed by atoms with van der Waals surface area (Å²) < 4.78 is 71.1. The van der Waals surface area contributed by atoms with Crippen molar-refractivity contribution in [2.75, 3.05) is 24.7 Å². The van der Waals surface area contributed by atoms with Crippen LogP contribution in [0.5, 0.6) is 0 Å². The summed E-state index contributed by atoms with van der Waals surface area (Å²) in [5.74, 6) is -4.03. The molecule has 42 heavy (non-hydrogen) atoms. The van der Waals surface area contributed by atoms with Gasteiger partial charge >= 0.3 is 71.1 Å². The number of carbonyl (C=O) groups excluding carboxylic acids is 2. The first-order chi connectivity index (χ1) is 18.9. The van der Waals surface area contributed by atoms with Gasteiger partial charge in [0, 0.05) is 0 Å². The molecule has 0 unspecified atom stereocenters. The van der Waals surface area contributed by atoms with Crippen molar-refractivity contribution in [3.05, 3.63) is 0 Å². The molecule has 0 aromatic rings. The van der Waals surface area contributed by atoms with Crippen molar-refractivity contribution in [3.63, 3.8) is 0 Å². The molecule has 0 aromatic heterocycles. The van der Waals surface area contributed by atoms with Crippen LogP contribution >= 0.6 is 0 Å². The third-order valence-electron chi connectivity index (χ3n) is 6.11. The Balaban J connectivity index is -0.000000328. The summed E-state index contributed by atoms with van der Waals surface area (Å²) in [7, 11) is -9.02. The number of hydrogen-bond donors (Lipinski definition) is 0. The van der Waals surface area contributed by atoms with Crippen molar-refractivity contribution >= 4 is 32.2 Å². The van der Waals surface area contributed by atoms with E-state index >= 15 is 0 Å². The van der Waals surface area contributed by atoms with Crippen molar-refractivity contribution < 1.29 is 104 Å². The minimum absolute atomic E-state index is 0. The van der Waals surface area contributed by atoms with E-state index in [9.17, 15) is 35.5 Å². The van der Waals surface area contributed by atoms with Gasteiger partial charge in [0.1, 0.15) is 31.7 Å². The summed E-state index contributed by atoms with van der Waals surface area (Å²) >= 11 is 0. The summed E-state index contributed by atoms with van der Waals surface area (Å²) in [5.41, 5.74) is 0. The molecule has 0 saturated heterocycles. The number of ether oxygens (including phenoxy) is 2. The van der Waals surface area contributed by atoms with Crippen LogP contribution in [-0.4, -0.2) is 62.6 Å². The van der Waals surface area contributed by atoms with Gasteiger partial charge in [-0.15, -0.1) is 0 Å². The van der Waals surface area contributed by atoms with Gasteiger partial charge in [-0.05, 0) is 12.8 Å². The first-order valence-corrected chi connectivity index (χ1v) is 18.2. The second-order valence-corrected chi connectivity index (χ2v) is 13.0. The van der Waals surface area contributed by atoms with Crippen LogP contribution in [0.2, 0.25) is 0 Å². The van der Waals surface area contributed by atoms with E-state index < -0.39 is 43.7 Å². The normalized spacial score (nSPS) is 11.0. The van der Waals surface area contributed by atoms with Gasteiger partial charge in [-0.25, -0.2) is 16.8 Å². The summed E-state index contributed by atoms with van der Waals surface area (Å²) in [4.78, 5) is 21.8. The Hall–Kier alpha value is 0.760. The molecule has 0 atom stereocenters. The van der Waals surface area contributed by atoms with E-state index in [1.165, 1.54) is 89.9 Å². The zero-order valence-corrected chi connectivity index (χ0v) is 32.5. The topological polar surface area (TPSA) is 167 Å². The minimum Gasteiger partial charge on any atom is -0.748 e. The van der Waals surface area contributed by atoms with Gasteiger partial charge in [-0.2, -0.15) is 0 Å². The standard InChI is InChI=1S/2C14H28O5S.2Na/c2*1-2-3-4-5-6-7-8-9-10-11-12-19-14(15)13-20(16,17)18;;/h2*2-13H2,1H3,(H,16,17,18);;/q;;2*+1/p-2. The van der Waals surface area contributed by atoms with Gasteiger partial charge in [-0.1, -0.05) is 129 Å². The number of hydrogen-bond acceptors (Lipinski definition) is 10. The third-order valence-corrected chi connectivity index (χ3v) is 7.29. The molecule has 0 aliphatic rings. The molecular weight excluding hydrogens is 606 g/mol. The van der Waals surface area contributed by atoms with Gasteiger partial charge < -0.3 is 18.6 Å². The van der Waals surface area contributed by atoms with Crippen LogP contribution < -0.4 is 59.1 Å². The first kappa shape index (κ1) is 49.6. The second-order valence-electron chi connectivity index (χ2n) is 10.2. The van der Waals surface area contributed by atoms with E-state index in [2.05, 4.69) is 23.3 Å². The van der Waals surface area contributed by atoms with E-state index in [-0.39, 0.29) is 72.3 Å². The van der Waals surface area contributed by atoms with Crippen LogP contribution in [-0.2, 0) is 39.3 Å². The molecule has 0 N–H and O–H groups in total. The second kappa shape index (κ2) is 34.6. The molecule has 0 aliphatic heterocycles. The maximum atomic E-state index is 10.9. The Bertz CT molecular complexity index is 755. The Labute approximate surface area is 300 Å². The molecule has 0 aliphatic carbocycles. The van der Waals surface area contributed by atoms with Crippen molar-refractivity contribution in [2.24, 2.45) is 0 Å². The fourth-order valence-corrected chi connectivity index (χ4v) is 4.67. The SMILES string of the molecule is CCCCCCCCCCCCOC(=O)CS(=O)(=O)[O-].CCCCCCCCCCCCOC(=O)CS(=O)(=O)[O-].[Na+].[Na+]. The largest absolute Gasteiger partial charge is 1.00 e. The zero-order valence-electron chi connectivity index (χ0n) is 26.9. The number of carbonyl (C=O) groups is 2. The van der Waals surface area contributed by atoms with Crippen LogP contribution in [0.3, 0.4) is 0 Å². The van der Waals surface area contributed by atoms with Crippen LogP contribution in [0.4, 0.5) is 0 Å². The van der Waals surface area contributed by atoms with E-state index in [4.69, 9.17) is 0 Å². The molecule has 0 saturated carbocycles. The Morgan fingerprint density at radius 2 is 0.667 bits per heavy atom. The molecule has 0 radical (unpaired) electrons. The van der Waals surface area contributed by atoms with E-state index in [0.29, 0.717) is 0 Å². The molecule has 0 rings (SSSR count). The number of rotatable bonds is 26. The van der Waals surface area contributed by atoms with Gasteiger partial charge in [0.2, 0.25) is 0 Å². The Morgan fingerprint density at radius 1 is 0.452 bits per heavy atom. The van der Waals surface area contributed by atoms with Gasteiger partial charge in [0.25, 0.3) is 0 Å². The maximum absolute atomic E-state index is 10.9. The fraction of sp³-hybridized carbons (Fsp3) is 0.929. The summed E-state index contributed by atoms with van der Waals surface area (Å²) in [5, 5.41) is 0. The number of esters is 2. The van der Waals surface area contributed by atoms with Crippen molar-refractivity contribution in [3.8, 4) is 0 Å². The molecule has 14 heteroatoms. The van der Waals surface area contributed by atoms with Gasteiger partial charge in [-0.3, -0.25) is 9.59 Å².